The van der Waals surface area contributed by atoms with Crippen molar-refractivity contribution in [2.75, 3.05) is 33.9 Å². The summed E-state index contributed by atoms with van der Waals surface area (Å²) in [5.41, 5.74) is 3.37. The molecule has 7 heteroatoms. The second kappa shape index (κ2) is 15.2. The number of amides is 2. The van der Waals surface area contributed by atoms with E-state index in [0.29, 0.717) is 50.4 Å². The van der Waals surface area contributed by atoms with Crippen LogP contribution in [0.3, 0.4) is 0 Å². The van der Waals surface area contributed by atoms with Gasteiger partial charge in [-0.3, -0.25) is 9.59 Å². The lowest BCUT2D eigenvalue weighted by atomic mass is 10.1. The highest BCUT2D eigenvalue weighted by molar-refractivity contribution is 7.10. The molecule has 3 aromatic rings. The lowest BCUT2D eigenvalue weighted by Crippen LogP contribution is -2.43. The van der Waals surface area contributed by atoms with Gasteiger partial charge in [0.25, 0.3) is 0 Å². The van der Waals surface area contributed by atoms with Gasteiger partial charge < -0.3 is 19.3 Å². The van der Waals surface area contributed by atoms with E-state index in [2.05, 4.69) is 25.3 Å². The second-order valence-electron chi connectivity index (χ2n) is 9.44. The van der Waals surface area contributed by atoms with Gasteiger partial charge in [0, 0.05) is 24.4 Å². The lowest BCUT2D eigenvalue weighted by Gasteiger charge is -2.28. The van der Waals surface area contributed by atoms with Crippen LogP contribution in [-0.2, 0) is 29.0 Å². The highest BCUT2D eigenvalue weighted by Crippen LogP contribution is 2.28. The summed E-state index contributed by atoms with van der Waals surface area (Å²) in [6.07, 6.45) is 3.59. The molecule has 1 aromatic heterocycles. The zero-order valence-corrected chi connectivity index (χ0v) is 23.9. The fraction of sp³-hybridized carbons (Fsp3) is 0.419. The molecule has 0 atom stereocenters. The van der Waals surface area contributed by atoms with Gasteiger partial charge in [-0.15, -0.1) is 11.3 Å². The number of rotatable bonds is 15. The van der Waals surface area contributed by atoms with Crippen LogP contribution in [0.25, 0.3) is 0 Å². The van der Waals surface area contributed by atoms with Crippen molar-refractivity contribution in [3.63, 3.8) is 0 Å². The van der Waals surface area contributed by atoms with Crippen molar-refractivity contribution < 1.29 is 19.1 Å². The Balaban J connectivity index is 1.72. The summed E-state index contributed by atoms with van der Waals surface area (Å²) >= 11 is 1.66. The number of methoxy groups -OCH3 is 2. The topological polar surface area (TPSA) is 59.1 Å². The molecule has 0 spiro atoms. The van der Waals surface area contributed by atoms with Gasteiger partial charge in [0.2, 0.25) is 11.8 Å². The Kier molecular flexibility index (Phi) is 11.7. The molecule has 2 aromatic carbocycles. The minimum Gasteiger partial charge on any atom is -0.493 e. The van der Waals surface area contributed by atoms with E-state index in [1.54, 1.807) is 30.5 Å². The van der Waals surface area contributed by atoms with Crippen LogP contribution in [0.5, 0.6) is 11.5 Å². The van der Waals surface area contributed by atoms with Crippen molar-refractivity contribution in [3.05, 3.63) is 81.5 Å². The minimum atomic E-state index is -0.0255. The molecule has 0 radical (unpaired) electrons. The first-order valence-electron chi connectivity index (χ1n) is 13.3. The van der Waals surface area contributed by atoms with E-state index in [-0.39, 0.29) is 18.4 Å². The van der Waals surface area contributed by atoms with Gasteiger partial charge in [0.1, 0.15) is 0 Å². The summed E-state index contributed by atoms with van der Waals surface area (Å²) in [7, 11) is 3.24. The van der Waals surface area contributed by atoms with Crippen molar-refractivity contribution in [1.29, 1.82) is 0 Å². The maximum Gasteiger partial charge on any atom is 0.242 e. The third-order valence-corrected chi connectivity index (χ3v) is 7.71. The zero-order valence-electron chi connectivity index (χ0n) is 23.1. The number of aryl methyl sites for hydroxylation is 2. The summed E-state index contributed by atoms with van der Waals surface area (Å²) in [5.74, 6) is 1.36. The van der Waals surface area contributed by atoms with Crippen LogP contribution in [0.2, 0.25) is 0 Å². The molecule has 0 saturated carbocycles. The van der Waals surface area contributed by atoms with Crippen molar-refractivity contribution in [3.8, 4) is 11.5 Å². The number of carbonyl (C=O) groups is 2. The van der Waals surface area contributed by atoms with E-state index in [0.717, 1.165) is 24.0 Å². The van der Waals surface area contributed by atoms with Gasteiger partial charge in [-0.2, -0.15) is 0 Å². The molecule has 3 rings (SSSR count). The second-order valence-corrected chi connectivity index (χ2v) is 10.4. The molecule has 204 valence electrons. The van der Waals surface area contributed by atoms with E-state index < -0.39 is 0 Å². The third kappa shape index (κ3) is 8.62. The Morgan fingerprint density at radius 1 is 0.842 bits per heavy atom. The monoisotopic (exact) mass is 536 g/mol. The zero-order chi connectivity index (χ0) is 27.3. The van der Waals surface area contributed by atoms with E-state index in [9.17, 15) is 9.59 Å². The third-order valence-electron chi connectivity index (χ3n) is 6.70. The fourth-order valence-electron chi connectivity index (χ4n) is 4.29. The largest absolute Gasteiger partial charge is 0.493 e. The number of nitrogens with zero attached hydrogens (tertiary/aromatic N) is 2. The molecule has 0 fully saturated rings. The molecule has 6 nitrogen and oxygen atoms in total. The van der Waals surface area contributed by atoms with E-state index in [4.69, 9.17) is 9.47 Å². The van der Waals surface area contributed by atoms with Crippen LogP contribution in [-0.4, -0.2) is 55.5 Å². The van der Waals surface area contributed by atoms with Crippen molar-refractivity contribution in [2.24, 2.45) is 0 Å². The van der Waals surface area contributed by atoms with Gasteiger partial charge >= 0.3 is 0 Å². The molecule has 0 unspecified atom stereocenters. The maximum absolute atomic E-state index is 13.7. The number of benzene rings is 2. The molecular weight excluding hydrogens is 496 g/mol. The molecule has 1 heterocycles. The number of unbranched alkanes of at least 4 members (excludes halogenated alkanes) is 1. The van der Waals surface area contributed by atoms with E-state index >= 15 is 0 Å². The smallest absolute Gasteiger partial charge is 0.242 e. The van der Waals surface area contributed by atoms with Gasteiger partial charge in [-0.05, 0) is 66.5 Å². The Bertz CT molecular complexity index is 1160. The molecule has 0 N–H and O–H groups in total. The highest BCUT2D eigenvalue weighted by Gasteiger charge is 2.22. The molecule has 38 heavy (non-hydrogen) atoms. The van der Waals surface area contributed by atoms with E-state index in [1.165, 1.54) is 10.4 Å². The first-order valence-corrected chi connectivity index (χ1v) is 14.2. The Labute approximate surface area is 231 Å². The molecule has 0 saturated heterocycles. The van der Waals surface area contributed by atoms with Gasteiger partial charge in [-0.25, -0.2) is 0 Å². The first-order chi connectivity index (χ1) is 18.4. The first kappa shape index (κ1) is 29.2. The van der Waals surface area contributed by atoms with Crippen molar-refractivity contribution >= 4 is 23.2 Å². The highest BCUT2D eigenvalue weighted by atomic mass is 32.1. The van der Waals surface area contributed by atoms with Crippen LogP contribution in [0.1, 0.15) is 47.8 Å². The van der Waals surface area contributed by atoms with Crippen LogP contribution in [0.15, 0.2) is 60.0 Å². The Morgan fingerprint density at radius 3 is 2.26 bits per heavy atom. The molecular formula is C31H40N2O4S. The number of thiophene rings is 1. The van der Waals surface area contributed by atoms with E-state index in [1.807, 2.05) is 53.4 Å². The predicted molar refractivity (Wildman–Crippen MR) is 154 cm³/mol. The summed E-state index contributed by atoms with van der Waals surface area (Å²) < 4.78 is 10.8. The summed E-state index contributed by atoms with van der Waals surface area (Å²) in [5, 5.41) is 2.06. The van der Waals surface area contributed by atoms with Gasteiger partial charge in [-0.1, -0.05) is 49.7 Å². The number of hydrogen-bond acceptors (Lipinski definition) is 5. The lowest BCUT2D eigenvalue weighted by molar-refractivity contribution is -0.141. The standard InChI is InChI=1S/C31H40N2O4S/c1-5-6-18-32(30(34)15-13-25-10-8-7-9-11-25)23-31(35)33(22-29-24(2)17-20-38-29)19-16-26-12-14-27(36-3)28(21-26)37-4/h7-12,14,17,20-21H,5-6,13,15-16,18-19,22-23H2,1-4H3. The quantitative estimate of drug-likeness (QED) is 0.242. The predicted octanol–water partition coefficient (Wildman–Crippen LogP) is 5.91. The minimum absolute atomic E-state index is 0.0255. The molecule has 0 aliphatic heterocycles. The summed E-state index contributed by atoms with van der Waals surface area (Å²) in [6.45, 7) is 5.95. The van der Waals surface area contributed by atoms with Crippen LogP contribution >= 0.6 is 11.3 Å². The van der Waals surface area contributed by atoms with Gasteiger partial charge in [0.15, 0.2) is 11.5 Å². The summed E-state index contributed by atoms with van der Waals surface area (Å²) in [4.78, 5) is 31.7. The molecule has 0 aliphatic carbocycles. The molecule has 0 aliphatic rings. The maximum atomic E-state index is 13.7. The normalized spacial score (nSPS) is 10.7. The SMILES string of the molecule is CCCCN(CC(=O)N(CCc1ccc(OC)c(OC)c1)Cc1sccc1C)C(=O)CCc1ccccc1. The van der Waals surface area contributed by atoms with Crippen LogP contribution in [0, 0.1) is 6.92 Å². The molecule has 0 bridgehead atoms. The fourth-order valence-corrected chi connectivity index (χ4v) is 5.21. The van der Waals surface area contributed by atoms with Gasteiger partial charge in [0.05, 0.1) is 27.3 Å². The Hall–Kier alpha value is -3.32. The van der Waals surface area contributed by atoms with Crippen molar-refractivity contribution in [2.45, 2.75) is 52.5 Å². The Morgan fingerprint density at radius 2 is 1.61 bits per heavy atom. The summed E-state index contributed by atoms with van der Waals surface area (Å²) in [6, 6.07) is 18.0. The number of carbonyl (C=O) groups excluding carboxylic acids is 2. The number of ether oxygens (including phenoxy) is 2. The molecule has 2 amide bonds. The average Bonchev–Trinajstić information content (AvgIpc) is 3.35. The average molecular weight is 537 g/mol. The van der Waals surface area contributed by atoms with Crippen molar-refractivity contribution in [1.82, 2.24) is 9.80 Å². The number of hydrogen-bond donors (Lipinski definition) is 0. The van der Waals surface area contributed by atoms with Crippen LogP contribution in [0.4, 0.5) is 0 Å². The van der Waals surface area contributed by atoms with Crippen LogP contribution < -0.4 is 9.47 Å².